The molecule has 0 radical (unpaired) electrons. The maximum Gasteiger partial charge on any atom is 0.161 e. The summed E-state index contributed by atoms with van der Waals surface area (Å²) in [6.45, 7) is 7.54. The number of aryl methyl sites for hydroxylation is 1. The average Bonchev–Trinajstić information content (AvgIpc) is 3.24. The van der Waals surface area contributed by atoms with Gasteiger partial charge in [-0.05, 0) is 43.4 Å². The first-order valence-electron chi connectivity index (χ1n) is 7.59. The van der Waals surface area contributed by atoms with Crippen molar-refractivity contribution >= 4 is 5.65 Å². The summed E-state index contributed by atoms with van der Waals surface area (Å²) in [5, 5.41) is 12.0. The SMILES string of the molecule is Cc1nnc2cc(CN3CCNCC3)cc(C3CC3)n12. The van der Waals surface area contributed by atoms with Gasteiger partial charge in [-0.1, -0.05) is 0 Å². The number of piperazine rings is 1. The van der Waals surface area contributed by atoms with Crippen molar-refractivity contribution in [2.24, 2.45) is 0 Å². The summed E-state index contributed by atoms with van der Waals surface area (Å²) in [5.74, 6) is 1.73. The molecule has 2 aliphatic rings. The lowest BCUT2D eigenvalue weighted by atomic mass is 10.1. The van der Waals surface area contributed by atoms with Crippen LogP contribution < -0.4 is 5.32 Å². The standard InChI is InChI=1S/C15H21N5/c1-11-17-18-15-9-12(10-19-6-4-16-5-7-19)8-14(20(11)15)13-2-3-13/h8-9,13,16H,2-7,10H2,1H3. The van der Waals surface area contributed by atoms with E-state index in [4.69, 9.17) is 0 Å². The van der Waals surface area contributed by atoms with Crippen LogP contribution in [0, 0.1) is 6.92 Å². The van der Waals surface area contributed by atoms with Crippen molar-refractivity contribution in [1.29, 1.82) is 0 Å². The van der Waals surface area contributed by atoms with Gasteiger partial charge in [-0.2, -0.15) is 0 Å². The van der Waals surface area contributed by atoms with E-state index in [1.54, 1.807) is 0 Å². The van der Waals surface area contributed by atoms with E-state index in [1.807, 2.05) is 6.92 Å². The van der Waals surface area contributed by atoms with Crippen molar-refractivity contribution < 1.29 is 0 Å². The summed E-state index contributed by atoms with van der Waals surface area (Å²) in [6, 6.07) is 4.58. The summed E-state index contributed by atoms with van der Waals surface area (Å²) in [7, 11) is 0. The van der Waals surface area contributed by atoms with E-state index in [0.29, 0.717) is 0 Å². The van der Waals surface area contributed by atoms with E-state index in [1.165, 1.54) is 24.1 Å². The van der Waals surface area contributed by atoms with Crippen LogP contribution in [0.15, 0.2) is 12.1 Å². The third-order valence-corrected chi connectivity index (χ3v) is 4.37. The molecule has 0 unspecified atom stereocenters. The largest absolute Gasteiger partial charge is 0.314 e. The Morgan fingerprint density at radius 2 is 2.00 bits per heavy atom. The van der Waals surface area contributed by atoms with E-state index < -0.39 is 0 Å². The highest BCUT2D eigenvalue weighted by Gasteiger charge is 2.27. The minimum absolute atomic E-state index is 0.718. The highest BCUT2D eigenvalue weighted by molar-refractivity contribution is 5.45. The maximum absolute atomic E-state index is 4.32. The predicted octanol–water partition coefficient (Wildman–Crippen LogP) is 1.32. The second kappa shape index (κ2) is 4.82. The monoisotopic (exact) mass is 271 g/mol. The molecule has 2 aromatic heterocycles. The van der Waals surface area contributed by atoms with Crippen LogP contribution >= 0.6 is 0 Å². The molecule has 0 atom stereocenters. The first-order chi connectivity index (χ1) is 9.81. The number of pyridine rings is 1. The third kappa shape index (κ3) is 2.21. The molecule has 5 nitrogen and oxygen atoms in total. The van der Waals surface area contributed by atoms with Crippen molar-refractivity contribution in [1.82, 2.24) is 24.8 Å². The fraction of sp³-hybridized carbons (Fsp3) is 0.600. The number of nitrogens with one attached hydrogen (secondary N) is 1. The Kier molecular flexibility index (Phi) is 2.97. The Labute approximate surface area is 119 Å². The molecule has 1 aliphatic heterocycles. The van der Waals surface area contributed by atoms with Crippen molar-refractivity contribution in [3.8, 4) is 0 Å². The van der Waals surface area contributed by atoms with Crippen LogP contribution in [0.4, 0.5) is 0 Å². The van der Waals surface area contributed by atoms with Crippen molar-refractivity contribution in [2.75, 3.05) is 26.2 Å². The van der Waals surface area contributed by atoms with Crippen LogP contribution in [0.25, 0.3) is 5.65 Å². The van der Waals surface area contributed by atoms with Gasteiger partial charge in [0.1, 0.15) is 5.82 Å². The molecule has 0 amide bonds. The summed E-state index contributed by atoms with van der Waals surface area (Å²) >= 11 is 0. The molecule has 0 bridgehead atoms. The minimum Gasteiger partial charge on any atom is -0.314 e. The third-order valence-electron chi connectivity index (χ3n) is 4.37. The molecule has 1 aliphatic carbocycles. The molecule has 106 valence electrons. The van der Waals surface area contributed by atoms with E-state index in [2.05, 4.69) is 36.9 Å². The molecule has 0 aromatic carbocycles. The molecule has 2 fully saturated rings. The van der Waals surface area contributed by atoms with Crippen LogP contribution in [-0.2, 0) is 6.54 Å². The van der Waals surface area contributed by atoms with E-state index in [9.17, 15) is 0 Å². The van der Waals surface area contributed by atoms with Gasteiger partial charge in [-0.25, -0.2) is 0 Å². The molecular formula is C15H21N5. The smallest absolute Gasteiger partial charge is 0.161 e. The molecule has 1 saturated heterocycles. The quantitative estimate of drug-likeness (QED) is 0.914. The Morgan fingerprint density at radius 1 is 1.20 bits per heavy atom. The summed E-state index contributed by atoms with van der Waals surface area (Å²) in [4.78, 5) is 2.52. The Bertz CT molecular complexity index is 622. The van der Waals surface area contributed by atoms with Crippen LogP contribution in [0.3, 0.4) is 0 Å². The molecular weight excluding hydrogens is 250 g/mol. The topological polar surface area (TPSA) is 45.5 Å². The lowest BCUT2D eigenvalue weighted by Crippen LogP contribution is -2.42. The molecule has 3 heterocycles. The fourth-order valence-electron chi connectivity index (χ4n) is 3.15. The van der Waals surface area contributed by atoms with Gasteiger partial charge < -0.3 is 5.32 Å². The molecule has 1 N–H and O–H groups in total. The van der Waals surface area contributed by atoms with Gasteiger partial charge in [0, 0.05) is 38.4 Å². The Balaban J connectivity index is 1.69. The van der Waals surface area contributed by atoms with Crippen molar-refractivity contribution in [3.05, 3.63) is 29.2 Å². The van der Waals surface area contributed by atoms with E-state index >= 15 is 0 Å². The zero-order chi connectivity index (χ0) is 13.5. The lowest BCUT2D eigenvalue weighted by Gasteiger charge is -2.27. The van der Waals surface area contributed by atoms with Gasteiger partial charge in [0.25, 0.3) is 0 Å². The maximum atomic E-state index is 4.32. The highest BCUT2D eigenvalue weighted by atomic mass is 15.2. The predicted molar refractivity (Wildman–Crippen MR) is 77.8 cm³/mol. The van der Waals surface area contributed by atoms with Gasteiger partial charge in [0.15, 0.2) is 5.65 Å². The van der Waals surface area contributed by atoms with Gasteiger partial charge in [-0.15, -0.1) is 10.2 Å². The van der Waals surface area contributed by atoms with Crippen molar-refractivity contribution in [3.63, 3.8) is 0 Å². The number of aromatic nitrogens is 3. The molecule has 2 aromatic rings. The first kappa shape index (κ1) is 12.3. The number of rotatable bonds is 3. The second-order valence-corrected chi connectivity index (χ2v) is 6.03. The van der Waals surface area contributed by atoms with Gasteiger partial charge in [-0.3, -0.25) is 9.30 Å². The van der Waals surface area contributed by atoms with Gasteiger partial charge >= 0.3 is 0 Å². The highest BCUT2D eigenvalue weighted by Crippen LogP contribution is 2.40. The zero-order valence-corrected chi connectivity index (χ0v) is 12.0. The molecule has 5 heteroatoms. The van der Waals surface area contributed by atoms with Crippen LogP contribution in [0.1, 0.15) is 35.8 Å². The second-order valence-electron chi connectivity index (χ2n) is 6.03. The zero-order valence-electron chi connectivity index (χ0n) is 12.0. The molecule has 0 spiro atoms. The minimum atomic E-state index is 0.718. The average molecular weight is 271 g/mol. The Hall–Kier alpha value is -1.46. The van der Waals surface area contributed by atoms with Crippen LogP contribution in [0.5, 0.6) is 0 Å². The number of hydrogen-bond acceptors (Lipinski definition) is 4. The fourth-order valence-corrected chi connectivity index (χ4v) is 3.15. The van der Waals surface area contributed by atoms with Crippen LogP contribution in [-0.4, -0.2) is 45.7 Å². The van der Waals surface area contributed by atoms with Gasteiger partial charge in [0.2, 0.25) is 0 Å². The first-order valence-corrected chi connectivity index (χ1v) is 7.59. The summed E-state index contributed by atoms with van der Waals surface area (Å²) in [5.41, 5.74) is 3.81. The normalized spacial score (nSPS) is 20.6. The molecule has 20 heavy (non-hydrogen) atoms. The van der Waals surface area contributed by atoms with E-state index in [-0.39, 0.29) is 0 Å². The van der Waals surface area contributed by atoms with Gasteiger partial charge in [0.05, 0.1) is 0 Å². The lowest BCUT2D eigenvalue weighted by molar-refractivity contribution is 0.233. The number of fused-ring (bicyclic) bond motifs is 1. The summed E-state index contributed by atoms with van der Waals surface area (Å²) < 4.78 is 2.24. The van der Waals surface area contributed by atoms with E-state index in [0.717, 1.165) is 50.1 Å². The van der Waals surface area contributed by atoms with Crippen LogP contribution in [0.2, 0.25) is 0 Å². The Morgan fingerprint density at radius 3 is 2.75 bits per heavy atom. The molecule has 4 rings (SSSR count). The number of nitrogens with zero attached hydrogens (tertiary/aromatic N) is 4. The molecule has 1 saturated carbocycles. The van der Waals surface area contributed by atoms with Crippen molar-refractivity contribution in [2.45, 2.75) is 32.2 Å². The number of hydrogen-bond donors (Lipinski definition) is 1. The summed E-state index contributed by atoms with van der Waals surface area (Å²) in [6.07, 6.45) is 2.62.